The van der Waals surface area contributed by atoms with E-state index in [9.17, 15) is 0 Å². The van der Waals surface area contributed by atoms with Crippen LogP contribution in [0.4, 0.5) is 0 Å². The molecule has 3 rings (SSSR count). The predicted molar refractivity (Wildman–Crippen MR) is 118 cm³/mol. The largest absolute Gasteiger partial charge is 0.379 e. The number of nitrogens with one attached hydrogen (secondary N) is 1. The van der Waals surface area contributed by atoms with Crippen LogP contribution in [0, 0.1) is 5.92 Å². The number of morpholine rings is 1. The number of piperazine rings is 1. The summed E-state index contributed by atoms with van der Waals surface area (Å²) < 4.78 is 5.46. The van der Waals surface area contributed by atoms with Gasteiger partial charge in [0.15, 0.2) is 5.96 Å². The van der Waals surface area contributed by atoms with Gasteiger partial charge in [-0.15, -0.1) is 24.0 Å². The molecule has 0 amide bonds. The Balaban J connectivity index is 0.00000243. The van der Waals surface area contributed by atoms with Crippen molar-refractivity contribution in [2.75, 3.05) is 93.3 Å². The molecule has 3 saturated heterocycles. The summed E-state index contributed by atoms with van der Waals surface area (Å²) in [4.78, 5) is 14.4. The Labute approximate surface area is 176 Å². The van der Waals surface area contributed by atoms with Crippen LogP contribution in [0.1, 0.15) is 6.42 Å². The highest BCUT2D eigenvalue weighted by Gasteiger charge is 2.28. The van der Waals surface area contributed by atoms with Gasteiger partial charge in [-0.1, -0.05) is 0 Å². The molecule has 0 saturated carbocycles. The van der Waals surface area contributed by atoms with E-state index < -0.39 is 0 Å². The van der Waals surface area contributed by atoms with Gasteiger partial charge in [0, 0.05) is 72.0 Å². The molecule has 1 N–H and O–H groups in total. The number of halogens is 1. The van der Waals surface area contributed by atoms with Crippen molar-refractivity contribution < 1.29 is 4.74 Å². The standard InChI is InChI=1S/C18H36N6O.HI/c1-19-18(20-12-17-15-21(2)6-7-22(17)3)24-5-4-16(14-24)13-23-8-10-25-11-9-23;/h16-17H,4-15H2,1-3H3,(H,19,20);1H. The molecule has 2 unspecified atom stereocenters. The molecule has 3 heterocycles. The second-order valence-corrected chi connectivity index (χ2v) is 7.84. The number of rotatable bonds is 4. The van der Waals surface area contributed by atoms with Gasteiger partial charge in [-0.2, -0.15) is 0 Å². The van der Waals surface area contributed by atoms with Gasteiger partial charge in [-0.05, 0) is 26.4 Å². The third-order valence-electron chi connectivity index (χ3n) is 5.89. The molecule has 2 atom stereocenters. The zero-order valence-corrected chi connectivity index (χ0v) is 19.0. The lowest BCUT2D eigenvalue weighted by molar-refractivity contribution is 0.0315. The lowest BCUT2D eigenvalue weighted by Gasteiger charge is -2.38. The smallest absolute Gasteiger partial charge is 0.193 e. The molecular weight excluding hydrogens is 443 g/mol. The van der Waals surface area contributed by atoms with Crippen LogP contribution < -0.4 is 5.32 Å². The molecule has 0 bridgehead atoms. The molecule has 0 aromatic rings. The maximum atomic E-state index is 5.46. The molecule has 8 heteroatoms. The van der Waals surface area contributed by atoms with E-state index in [1.807, 2.05) is 7.05 Å². The second kappa shape index (κ2) is 11.0. The lowest BCUT2D eigenvalue weighted by atomic mass is 10.1. The number of guanidine groups is 1. The third-order valence-corrected chi connectivity index (χ3v) is 5.89. The van der Waals surface area contributed by atoms with Crippen molar-refractivity contribution in [1.29, 1.82) is 0 Å². The summed E-state index contributed by atoms with van der Waals surface area (Å²) in [6.45, 7) is 11.8. The van der Waals surface area contributed by atoms with Crippen LogP contribution in [0.25, 0.3) is 0 Å². The summed E-state index contributed by atoms with van der Waals surface area (Å²) >= 11 is 0. The predicted octanol–water partition coefficient (Wildman–Crippen LogP) is 0.0797. The van der Waals surface area contributed by atoms with E-state index in [-0.39, 0.29) is 24.0 Å². The first-order valence-corrected chi connectivity index (χ1v) is 9.80. The van der Waals surface area contributed by atoms with Gasteiger partial charge in [0.05, 0.1) is 13.2 Å². The molecule has 152 valence electrons. The lowest BCUT2D eigenvalue weighted by Crippen LogP contribution is -2.55. The van der Waals surface area contributed by atoms with E-state index in [4.69, 9.17) is 4.74 Å². The Morgan fingerprint density at radius 3 is 2.58 bits per heavy atom. The fourth-order valence-electron chi connectivity index (χ4n) is 4.19. The first-order valence-electron chi connectivity index (χ1n) is 9.80. The second-order valence-electron chi connectivity index (χ2n) is 7.84. The molecule has 0 radical (unpaired) electrons. The van der Waals surface area contributed by atoms with Gasteiger partial charge in [0.1, 0.15) is 0 Å². The number of nitrogens with zero attached hydrogens (tertiary/aromatic N) is 5. The average Bonchev–Trinajstić information content (AvgIpc) is 3.07. The summed E-state index contributed by atoms with van der Waals surface area (Å²) in [5.74, 6) is 1.83. The van der Waals surface area contributed by atoms with Gasteiger partial charge in [0.2, 0.25) is 0 Å². The van der Waals surface area contributed by atoms with Gasteiger partial charge >= 0.3 is 0 Å². The number of aliphatic imine (C=N–C) groups is 1. The van der Waals surface area contributed by atoms with Crippen LogP contribution in [0.5, 0.6) is 0 Å². The molecule has 0 spiro atoms. The number of likely N-dealkylation sites (N-methyl/N-ethyl adjacent to an activating group) is 2. The number of likely N-dealkylation sites (tertiary alicyclic amines) is 1. The van der Waals surface area contributed by atoms with Crippen molar-refractivity contribution in [2.45, 2.75) is 12.5 Å². The molecule has 3 aliphatic rings. The zero-order chi connectivity index (χ0) is 17.6. The van der Waals surface area contributed by atoms with Crippen LogP contribution in [-0.2, 0) is 4.74 Å². The highest BCUT2D eigenvalue weighted by atomic mass is 127. The van der Waals surface area contributed by atoms with Crippen LogP contribution in [-0.4, -0.2) is 125 Å². The van der Waals surface area contributed by atoms with Crippen molar-refractivity contribution >= 4 is 29.9 Å². The molecule has 26 heavy (non-hydrogen) atoms. The highest BCUT2D eigenvalue weighted by molar-refractivity contribution is 14.0. The summed E-state index contributed by atoms with van der Waals surface area (Å²) in [5, 5.41) is 3.63. The van der Waals surface area contributed by atoms with E-state index in [0.29, 0.717) is 6.04 Å². The highest BCUT2D eigenvalue weighted by Crippen LogP contribution is 2.18. The average molecular weight is 480 g/mol. The maximum absolute atomic E-state index is 5.46. The van der Waals surface area contributed by atoms with E-state index >= 15 is 0 Å². The molecule has 3 aliphatic heterocycles. The molecule has 0 aliphatic carbocycles. The summed E-state index contributed by atoms with van der Waals surface area (Å²) in [5.41, 5.74) is 0. The normalized spacial score (nSPS) is 29.7. The van der Waals surface area contributed by atoms with Gasteiger partial charge in [-0.25, -0.2) is 0 Å². The SMILES string of the molecule is CN=C(NCC1CN(C)CCN1C)N1CCC(CN2CCOCC2)C1.I. The minimum absolute atomic E-state index is 0. The molecule has 3 fully saturated rings. The minimum Gasteiger partial charge on any atom is -0.379 e. The van der Waals surface area contributed by atoms with Gasteiger partial charge in [-0.3, -0.25) is 14.8 Å². The van der Waals surface area contributed by atoms with Crippen molar-refractivity contribution in [3.05, 3.63) is 0 Å². The molecule has 7 nitrogen and oxygen atoms in total. The topological polar surface area (TPSA) is 46.6 Å². The number of hydrogen-bond donors (Lipinski definition) is 1. The molecule has 0 aromatic carbocycles. The maximum Gasteiger partial charge on any atom is 0.193 e. The van der Waals surface area contributed by atoms with Gasteiger partial charge in [0.25, 0.3) is 0 Å². The van der Waals surface area contributed by atoms with Crippen LogP contribution in [0.3, 0.4) is 0 Å². The minimum atomic E-state index is 0. The number of ether oxygens (including phenoxy) is 1. The fourth-order valence-corrected chi connectivity index (χ4v) is 4.19. The quantitative estimate of drug-likeness (QED) is 0.350. The van der Waals surface area contributed by atoms with Crippen LogP contribution >= 0.6 is 24.0 Å². The van der Waals surface area contributed by atoms with E-state index in [0.717, 1.165) is 77.4 Å². The Morgan fingerprint density at radius 1 is 1.08 bits per heavy atom. The third kappa shape index (κ3) is 6.19. The monoisotopic (exact) mass is 480 g/mol. The first kappa shape index (κ1) is 22.1. The molecular formula is C18H37IN6O. The Kier molecular flexibility index (Phi) is 9.36. The summed E-state index contributed by atoms with van der Waals surface area (Å²) in [6, 6.07) is 0.558. The van der Waals surface area contributed by atoms with Crippen molar-refractivity contribution in [2.24, 2.45) is 10.9 Å². The Hall–Kier alpha value is -0.160. The molecule has 0 aromatic heterocycles. The van der Waals surface area contributed by atoms with E-state index in [1.165, 1.54) is 13.0 Å². The van der Waals surface area contributed by atoms with Crippen LogP contribution in [0.2, 0.25) is 0 Å². The Morgan fingerprint density at radius 2 is 1.85 bits per heavy atom. The summed E-state index contributed by atoms with van der Waals surface area (Å²) in [6.07, 6.45) is 1.27. The van der Waals surface area contributed by atoms with Crippen molar-refractivity contribution in [3.8, 4) is 0 Å². The Bertz CT molecular complexity index is 445. The fraction of sp³-hybridized carbons (Fsp3) is 0.944. The van der Waals surface area contributed by atoms with Crippen LogP contribution in [0.15, 0.2) is 4.99 Å². The van der Waals surface area contributed by atoms with E-state index in [2.05, 4.69) is 44.0 Å². The first-order chi connectivity index (χ1) is 12.2. The van der Waals surface area contributed by atoms with Crippen molar-refractivity contribution in [3.63, 3.8) is 0 Å². The van der Waals surface area contributed by atoms with E-state index in [1.54, 1.807) is 0 Å². The van der Waals surface area contributed by atoms with Crippen molar-refractivity contribution in [1.82, 2.24) is 24.9 Å². The summed E-state index contributed by atoms with van der Waals surface area (Å²) in [7, 11) is 6.36. The zero-order valence-electron chi connectivity index (χ0n) is 16.7. The number of hydrogen-bond acceptors (Lipinski definition) is 5. The van der Waals surface area contributed by atoms with Gasteiger partial charge < -0.3 is 19.9 Å².